The molecule has 0 saturated heterocycles. The lowest BCUT2D eigenvalue weighted by Gasteiger charge is -2.15. The SMILES string of the molecule is O=c1c2ccccc2c(-c2ccccc2)nn1CC(O)c1ccc(F)cc1. The van der Waals surface area contributed by atoms with E-state index in [9.17, 15) is 14.3 Å². The molecular formula is C22H17FN2O2. The van der Waals surface area contributed by atoms with E-state index < -0.39 is 6.10 Å². The Bertz CT molecular complexity index is 1140. The number of aromatic nitrogens is 2. The smallest absolute Gasteiger partial charge is 0.274 e. The summed E-state index contributed by atoms with van der Waals surface area (Å²) in [6, 6.07) is 22.5. The van der Waals surface area contributed by atoms with Gasteiger partial charge in [0.05, 0.1) is 23.7 Å². The summed E-state index contributed by atoms with van der Waals surface area (Å²) in [5.74, 6) is -0.377. The van der Waals surface area contributed by atoms with E-state index in [1.54, 1.807) is 12.1 Å². The lowest BCUT2D eigenvalue weighted by molar-refractivity contribution is 0.149. The topological polar surface area (TPSA) is 55.1 Å². The van der Waals surface area contributed by atoms with Gasteiger partial charge >= 0.3 is 0 Å². The zero-order chi connectivity index (χ0) is 18.8. The van der Waals surface area contributed by atoms with Gasteiger partial charge in [0.25, 0.3) is 5.56 Å². The van der Waals surface area contributed by atoms with Gasteiger partial charge in [0.15, 0.2) is 0 Å². The Kier molecular flexibility index (Phi) is 4.52. The Morgan fingerprint density at radius 1 is 0.889 bits per heavy atom. The Balaban J connectivity index is 1.82. The first-order valence-corrected chi connectivity index (χ1v) is 8.62. The first kappa shape index (κ1) is 17.1. The van der Waals surface area contributed by atoms with Gasteiger partial charge in [0.2, 0.25) is 0 Å². The summed E-state index contributed by atoms with van der Waals surface area (Å²) >= 11 is 0. The summed E-state index contributed by atoms with van der Waals surface area (Å²) in [7, 11) is 0. The average molecular weight is 360 g/mol. The zero-order valence-corrected chi connectivity index (χ0v) is 14.4. The van der Waals surface area contributed by atoms with Crippen LogP contribution in [-0.4, -0.2) is 14.9 Å². The number of hydrogen-bond donors (Lipinski definition) is 1. The number of benzene rings is 3. The van der Waals surface area contributed by atoms with Gasteiger partial charge in [-0.05, 0) is 23.8 Å². The van der Waals surface area contributed by atoms with Crippen molar-refractivity contribution in [1.29, 1.82) is 0 Å². The van der Waals surface area contributed by atoms with E-state index in [1.807, 2.05) is 42.5 Å². The molecule has 0 radical (unpaired) electrons. The number of halogens is 1. The normalized spacial score (nSPS) is 12.2. The fourth-order valence-electron chi connectivity index (χ4n) is 3.12. The number of aliphatic hydroxyl groups excluding tert-OH is 1. The highest BCUT2D eigenvalue weighted by Gasteiger charge is 2.15. The van der Waals surface area contributed by atoms with Gasteiger partial charge in [0.1, 0.15) is 5.82 Å². The Morgan fingerprint density at radius 2 is 1.52 bits per heavy atom. The van der Waals surface area contributed by atoms with Crippen molar-refractivity contribution in [3.05, 3.63) is 101 Å². The predicted octanol–water partition coefficient (Wildman–Crippen LogP) is 3.94. The van der Waals surface area contributed by atoms with Crippen LogP contribution in [0.2, 0.25) is 0 Å². The highest BCUT2D eigenvalue weighted by Crippen LogP contribution is 2.25. The molecule has 3 aromatic carbocycles. The quantitative estimate of drug-likeness (QED) is 0.600. The second-order valence-electron chi connectivity index (χ2n) is 6.31. The van der Waals surface area contributed by atoms with Gasteiger partial charge in [-0.1, -0.05) is 60.7 Å². The van der Waals surface area contributed by atoms with E-state index in [-0.39, 0.29) is 17.9 Å². The van der Waals surface area contributed by atoms with Crippen molar-refractivity contribution in [3.63, 3.8) is 0 Å². The van der Waals surface area contributed by atoms with E-state index in [0.29, 0.717) is 16.6 Å². The number of hydrogen-bond acceptors (Lipinski definition) is 3. The summed E-state index contributed by atoms with van der Waals surface area (Å²) in [6.07, 6.45) is -0.972. The van der Waals surface area contributed by atoms with Crippen LogP contribution in [0, 0.1) is 5.82 Å². The van der Waals surface area contributed by atoms with Crippen LogP contribution in [0.25, 0.3) is 22.0 Å². The first-order valence-electron chi connectivity index (χ1n) is 8.62. The van der Waals surface area contributed by atoms with Crippen molar-refractivity contribution in [1.82, 2.24) is 9.78 Å². The molecule has 27 heavy (non-hydrogen) atoms. The fraction of sp³-hybridized carbons (Fsp3) is 0.0909. The van der Waals surface area contributed by atoms with E-state index in [4.69, 9.17) is 0 Å². The maximum absolute atomic E-state index is 13.1. The molecule has 0 aliphatic carbocycles. The molecule has 1 heterocycles. The van der Waals surface area contributed by atoms with Crippen LogP contribution in [-0.2, 0) is 6.54 Å². The summed E-state index contributed by atoms with van der Waals surface area (Å²) < 4.78 is 14.4. The molecule has 134 valence electrons. The molecule has 0 spiro atoms. The van der Waals surface area contributed by atoms with E-state index in [1.165, 1.54) is 28.9 Å². The minimum absolute atomic E-state index is 0.0187. The molecule has 5 heteroatoms. The second-order valence-corrected chi connectivity index (χ2v) is 6.31. The highest BCUT2D eigenvalue weighted by molar-refractivity contribution is 5.93. The largest absolute Gasteiger partial charge is 0.386 e. The Labute approximate surface area is 155 Å². The lowest BCUT2D eigenvalue weighted by Crippen LogP contribution is -2.26. The molecule has 0 fully saturated rings. The second kappa shape index (κ2) is 7.13. The molecule has 1 unspecified atom stereocenters. The monoisotopic (exact) mass is 360 g/mol. The summed E-state index contributed by atoms with van der Waals surface area (Å²) in [5.41, 5.74) is 1.82. The molecule has 0 amide bonds. The third-order valence-electron chi connectivity index (χ3n) is 4.52. The number of fused-ring (bicyclic) bond motifs is 1. The summed E-state index contributed by atoms with van der Waals surface area (Å²) in [5, 5.41) is 16.3. The third-order valence-corrected chi connectivity index (χ3v) is 4.52. The maximum atomic E-state index is 13.1. The molecule has 4 rings (SSSR count). The molecule has 1 atom stereocenters. The van der Waals surface area contributed by atoms with Gasteiger partial charge in [0, 0.05) is 10.9 Å². The van der Waals surface area contributed by atoms with Crippen LogP contribution in [0.5, 0.6) is 0 Å². The third kappa shape index (κ3) is 3.37. The molecule has 1 N–H and O–H groups in total. The Morgan fingerprint density at radius 3 is 2.22 bits per heavy atom. The first-order chi connectivity index (χ1) is 13.1. The zero-order valence-electron chi connectivity index (χ0n) is 14.4. The molecule has 0 bridgehead atoms. The molecule has 0 aliphatic heterocycles. The minimum atomic E-state index is -0.972. The van der Waals surface area contributed by atoms with Crippen LogP contribution in [0.3, 0.4) is 0 Å². The molecule has 4 nitrogen and oxygen atoms in total. The number of aliphatic hydroxyl groups is 1. The standard InChI is InChI=1S/C22H17FN2O2/c23-17-12-10-15(11-13-17)20(26)14-25-22(27)19-9-5-4-8-18(19)21(24-25)16-6-2-1-3-7-16/h1-13,20,26H,14H2. The predicted molar refractivity (Wildman–Crippen MR) is 103 cm³/mol. The average Bonchev–Trinajstić information content (AvgIpc) is 2.71. The summed E-state index contributed by atoms with van der Waals surface area (Å²) in [4.78, 5) is 12.9. The van der Waals surface area contributed by atoms with Crippen molar-refractivity contribution < 1.29 is 9.50 Å². The van der Waals surface area contributed by atoms with Crippen molar-refractivity contribution in [3.8, 4) is 11.3 Å². The van der Waals surface area contributed by atoms with Crippen molar-refractivity contribution >= 4 is 10.8 Å². The van der Waals surface area contributed by atoms with E-state index in [0.717, 1.165) is 10.9 Å². The van der Waals surface area contributed by atoms with Crippen LogP contribution in [0.15, 0.2) is 83.7 Å². The van der Waals surface area contributed by atoms with Gasteiger partial charge in [-0.2, -0.15) is 5.10 Å². The number of nitrogens with zero attached hydrogens (tertiary/aromatic N) is 2. The summed E-state index contributed by atoms with van der Waals surface area (Å²) in [6.45, 7) is -0.0187. The van der Waals surface area contributed by atoms with Gasteiger partial charge in [-0.3, -0.25) is 4.79 Å². The Hall–Kier alpha value is -3.31. The van der Waals surface area contributed by atoms with Crippen molar-refractivity contribution in [2.45, 2.75) is 12.6 Å². The number of rotatable bonds is 4. The minimum Gasteiger partial charge on any atom is -0.386 e. The maximum Gasteiger partial charge on any atom is 0.274 e. The van der Waals surface area contributed by atoms with E-state index in [2.05, 4.69) is 5.10 Å². The molecule has 0 aliphatic rings. The van der Waals surface area contributed by atoms with Crippen LogP contribution < -0.4 is 5.56 Å². The van der Waals surface area contributed by atoms with Crippen LogP contribution in [0.4, 0.5) is 4.39 Å². The van der Waals surface area contributed by atoms with E-state index >= 15 is 0 Å². The van der Waals surface area contributed by atoms with Gasteiger partial charge in [-0.15, -0.1) is 0 Å². The van der Waals surface area contributed by atoms with Gasteiger partial charge < -0.3 is 5.11 Å². The van der Waals surface area contributed by atoms with Crippen molar-refractivity contribution in [2.75, 3.05) is 0 Å². The van der Waals surface area contributed by atoms with Crippen LogP contribution in [0.1, 0.15) is 11.7 Å². The van der Waals surface area contributed by atoms with Crippen molar-refractivity contribution in [2.24, 2.45) is 0 Å². The fourth-order valence-corrected chi connectivity index (χ4v) is 3.12. The molecular weight excluding hydrogens is 343 g/mol. The highest BCUT2D eigenvalue weighted by atomic mass is 19.1. The van der Waals surface area contributed by atoms with Gasteiger partial charge in [-0.25, -0.2) is 9.07 Å². The molecule has 4 aromatic rings. The lowest BCUT2D eigenvalue weighted by atomic mass is 10.0. The molecule has 1 aromatic heterocycles. The van der Waals surface area contributed by atoms with Crippen LogP contribution >= 0.6 is 0 Å². The molecule has 0 saturated carbocycles.